The van der Waals surface area contributed by atoms with Crippen molar-refractivity contribution in [1.29, 1.82) is 0 Å². The molecule has 3 rings (SSSR count). The summed E-state index contributed by atoms with van der Waals surface area (Å²) in [5.74, 6) is 1.03. The van der Waals surface area contributed by atoms with Crippen LogP contribution in [0.25, 0.3) is 0 Å². The van der Waals surface area contributed by atoms with Crippen molar-refractivity contribution < 1.29 is 9.53 Å². The summed E-state index contributed by atoms with van der Waals surface area (Å²) < 4.78 is 6.74. The lowest BCUT2D eigenvalue weighted by atomic mass is 9.95. The van der Waals surface area contributed by atoms with Crippen molar-refractivity contribution in [3.8, 4) is 5.75 Å². The molecule has 1 saturated heterocycles. The maximum Gasteiger partial charge on any atom is 0.227 e. The number of hydrogen-bond donors (Lipinski definition) is 1. The predicted molar refractivity (Wildman–Crippen MR) is 113 cm³/mol. The molecule has 144 valence electrons. The number of ether oxygens (including phenoxy) is 1. The number of nitrogens with one attached hydrogen (secondary N) is 1. The van der Waals surface area contributed by atoms with Crippen molar-refractivity contribution in [2.45, 2.75) is 39.3 Å². The van der Waals surface area contributed by atoms with Crippen LogP contribution in [0.15, 0.2) is 53.0 Å². The summed E-state index contributed by atoms with van der Waals surface area (Å²) in [6.45, 7) is 6.85. The molecule has 2 aromatic rings. The molecular formula is C22H27BrN2O2. The summed E-state index contributed by atoms with van der Waals surface area (Å²) in [6, 6.07) is 16.1. The smallest absolute Gasteiger partial charge is 0.227 e. The van der Waals surface area contributed by atoms with Gasteiger partial charge in [0.05, 0.1) is 6.10 Å². The van der Waals surface area contributed by atoms with E-state index < -0.39 is 0 Å². The van der Waals surface area contributed by atoms with E-state index in [0.29, 0.717) is 0 Å². The fourth-order valence-electron chi connectivity index (χ4n) is 3.33. The Morgan fingerprint density at radius 1 is 1.11 bits per heavy atom. The quantitative estimate of drug-likeness (QED) is 0.693. The molecule has 0 unspecified atom stereocenters. The summed E-state index contributed by atoms with van der Waals surface area (Å²) >= 11 is 3.47. The van der Waals surface area contributed by atoms with Crippen LogP contribution in [0.3, 0.4) is 0 Å². The van der Waals surface area contributed by atoms with Gasteiger partial charge in [-0.3, -0.25) is 9.69 Å². The molecule has 0 saturated carbocycles. The minimum atomic E-state index is 0.0813. The number of piperidine rings is 1. The number of amides is 1. The van der Waals surface area contributed by atoms with Crippen LogP contribution in [0.1, 0.15) is 32.3 Å². The van der Waals surface area contributed by atoms with Gasteiger partial charge in [0.25, 0.3) is 0 Å². The average Bonchev–Trinajstić information content (AvgIpc) is 2.65. The SMILES string of the molecule is CC(C)Oc1ccc(NC(=O)C2CCN(Cc3ccc(Br)cc3)CC2)cc1. The highest BCUT2D eigenvalue weighted by atomic mass is 79.9. The molecule has 0 atom stereocenters. The first-order chi connectivity index (χ1) is 13.0. The average molecular weight is 431 g/mol. The van der Waals surface area contributed by atoms with Crippen molar-refractivity contribution >= 4 is 27.5 Å². The molecule has 1 amide bonds. The summed E-state index contributed by atoms with van der Waals surface area (Å²) in [5, 5.41) is 3.04. The molecular weight excluding hydrogens is 404 g/mol. The molecule has 1 aliphatic heterocycles. The van der Waals surface area contributed by atoms with Crippen LogP contribution in [-0.2, 0) is 11.3 Å². The third-order valence-corrected chi connectivity index (χ3v) is 5.30. The van der Waals surface area contributed by atoms with Gasteiger partial charge < -0.3 is 10.1 Å². The lowest BCUT2D eigenvalue weighted by Gasteiger charge is -2.31. The zero-order valence-electron chi connectivity index (χ0n) is 16.0. The Bertz CT molecular complexity index is 736. The number of likely N-dealkylation sites (tertiary alicyclic amines) is 1. The van der Waals surface area contributed by atoms with Crippen molar-refractivity contribution in [1.82, 2.24) is 4.90 Å². The van der Waals surface area contributed by atoms with Crippen LogP contribution in [0.2, 0.25) is 0 Å². The molecule has 27 heavy (non-hydrogen) atoms. The second-order valence-corrected chi connectivity index (χ2v) is 8.27. The van der Waals surface area contributed by atoms with E-state index in [1.54, 1.807) is 0 Å². The number of nitrogens with zero attached hydrogens (tertiary/aromatic N) is 1. The highest BCUT2D eigenvalue weighted by Gasteiger charge is 2.25. The summed E-state index contributed by atoms with van der Waals surface area (Å²) in [6.07, 6.45) is 1.95. The Kier molecular flexibility index (Phi) is 6.91. The van der Waals surface area contributed by atoms with Crippen molar-refractivity contribution in [3.05, 3.63) is 58.6 Å². The Morgan fingerprint density at radius 3 is 2.33 bits per heavy atom. The monoisotopic (exact) mass is 430 g/mol. The first-order valence-electron chi connectivity index (χ1n) is 9.54. The van der Waals surface area contributed by atoms with E-state index in [-0.39, 0.29) is 17.9 Å². The maximum absolute atomic E-state index is 12.6. The van der Waals surface area contributed by atoms with Crippen LogP contribution >= 0.6 is 15.9 Å². The van der Waals surface area contributed by atoms with Crippen molar-refractivity contribution in [2.24, 2.45) is 5.92 Å². The van der Waals surface area contributed by atoms with Crippen LogP contribution in [0, 0.1) is 5.92 Å². The number of hydrogen-bond acceptors (Lipinski definition) is 3. The fraction of sp³-hybridized carbons (Fsp3) is 0.409. The topological polar surface area (TPSA) is 41.6 Å². The van der Waals surface area contributed by atoms with E-state index >= 15 is 0 Å². The van der Waals surface area contributed by atoms with Crippen LogP contribution in [0.5, 0.6) is 5.75 Å². The van der Waals surface area contributed by atoms with Crippen molar-refractivity contribution in [2.75, 3.05) is 18.4 Å². The van der Waals surface area contributed by atoms with Gasteiger partial charge in [-0.05, 0) is 81.7 Å². The zero-order valence-corrected chi connectivity index (χ0v) is 17.5. The normalized spacial score (nSPS) is 15.7. The summed E-state index contributed by atoms with van der Waals surface area (Å²) in [7, 11) is 0. The van der Waals surface area contributed by atoms with E-state index in [9.17, 15) is 4.79 Å². The number of rotatable bonds is 6. The van der Waals surface area contributed by atoms with Gasteiger partial charge in [-0.2, -0.15) is 0 Å². The third kappa shape index (κ3) is 6.08. The Morgan fingerprint density at radius 2 is 1.74 bits per heavy atom. The molecule has 1 N–H and O–H groups in total. The van der Waals surface area contributed by atoms with Gasteiger partial charge in [0, 0.05) is 22.6 Å². The standard InChI is InChI=1S/C22H27BrN2O2/c1-16(2)27-21-9-7-20(8-10-21)24-22(26)18-11-13-25(14-12-18)15-17-3-5-19(23)6-4-17/h3-10,16,18H,11-15H2,1-2H3,(H,24,26). The van der Waals surface area contributed by atoms with E-state index in [1.807, 2.05) is 38.1 Å². The summed E-state index contributed by atoms with van der Waals surface area (Å²) in [4.78, 5) is 15.0. The zero-order chi connectivity index (χ0) is 19.2. The Labute approximate surface area is 170 Å². The van der Waals surface area contributed by atoms with Gasteiger partial charge in [0.1, 0.15) is 5.75 Å². The number of halogens is 1. The minimum absolute atomic E-state index is 0.0813. The number of carbonyl (C=O) groups is 1. The molecule has 1 heterocycles. The molecule has 4 nitrogen and oxygen atoms in total. The molecule has 0 radical (unpaired) electrons. The number of anilines is 1. The van der Waals surface area contributed by atoms with Gasteiger partial charge in [-0.1, -0.05) is 28.1 Å². The second-order valence-electron chi connectivity index (χ2n) is 7.36. The van der Waals surface area contributed by atoms with Gasteiger partial charge in [-0.25, -0.2) is 0 Å². The first-order valence-corrected chi connectivity index (χ1v) is 10.3. The largest absolute Gasteiger partial charge is 0.491 e. The number of benzene rings is 2. The highest BCUT2D eigenvalue weighted by molar-refractivity contribution is 9.10. The minimum Gasteiger partial charge on any atom is -0.491 e. The third-order valence-electron chi connectivity index (χ3n) is 4.77. The summed E-state index contributed by atoms with van der Waals surface area (Å²) in [5.41, 5.74) is 2.14. The molecule has 0 spiro atoms. The molecule has 2 aromatic carbocycles. The molecule has 0 bridgehead atoms. The Hall–Kier alpha value is -1.85. The fourth-order valence-corrected chi connectivity index (χ4v) is 3.60. The van der Waals surface area contributed by atoms with Gasteiger partial charge in [-0.15, -0.1) is 0 Å². The maximum atomic E-state index is 12.6. The van der Waals surface area contributed by atoms with Crippen LogP contribution < -0.4 is 10.1 Å². The predicted octanol–water partition coefficient (Wildman–Crippen LogP) is 5.09. The van der Waals surface area contributed by atoms with Gasteiger partial charge in [0.15, 0.2) is 0 Å². The van der Waals surface area contributed by atoms with E-state index in [2.05, 4.69) is 50.4 Å². The van der Waals surface area contributed by atoms with E-state index in [0.717, 1.165) is 48.4 Å². The van der Waals surface area contributed by atoms with Crippen molar-refractivity contribution in [3.63, 3.8) is 0 Å². The van der Waals surface area contributed by atoms with Crippen LogP contribution in [-0.4, -0.2) is 30.0 Å². The lowest BCUT2D eigenvalue weighted by molar-refractivity contribution is -0.121. The van der Waals surface area contributed by atoms with Gasteiger partial charge >= 0.3 is 0 Å². The van der Waals surface area contributed by atoms with Crippen LogP contribution in [0.4, 0.5) is 5.69 Å². The molecule has 0 aromatic heterocycles. The molecule has 1 aliphatic rings. The highest BCUT2D eigenvalue weighted by Crippen LogP contribution is 2.23. The molecule has 5 heteroatoms. The molecule has 0 aliphatic carbocycles. The lowest BCUT2D eigenvalue weighted by Crippen LogP contribution is -2.37. The van der Waals surface area contributed by atoms with E-state index in [1.165, 1.54) is 5.56 Å². The Balaban J connectivity index is 1.46. The first kappa shape index (κ1) is 19.9. The van der Waals surface area contributed by atoms with E-state index in [4.69, 9.17) is 4.74 Å². The molecule has 1 fully saturated rings. The number of carbonyl (C=O) groups excluding carboxylic acids is 1. The van der Waals surface area contributed by atoms with Gasteiger partial charge in [0.2, 0.25) is 5.91 Å². The second kappa shape index (κ2) is 9.38.